The van der Waals surface area contributed by atoms with Crippen molar-refractivity contribution in [3.8, 4) is 0 Å². The van der Waals surface area contributed by atoms with E-state index in [-0.39, 0.29) is 11.5 Å². The van der Waals surface area contributed by atoms with Crippen LogP contribution < -0.4 is 10.9 Å². The molecule has 0 fully saturated rings. The van der Waals surface area contributed by atoms with Gasteiger partial charge in [-0.15, -0.1) is 0 Å². The zero-order valence-electron chi connectivity index (χ0n) is 17.0. The third-order valence-electron chi connectivity index (χ3n) is 4.94. The van der Waals surface area contributed by atoms with Crippen molar-refractivity contribution in [1.82, 2.24) is 9.55 Å². The Balaban J connectivity index is 1.58. The first kappa shape index (κ1) is 20.2. The van der Waals surface area contributed by atoms with Crippen LogP contribution in [0.15, 0.2) is 76.7 Å². The second-order valence-corrected chi connectivity index (χ2v) is 8.49. The van der Waals surface area contributed by atoms with Crippen molar-refractivity contribution < 1.29 is 4.79 Å². The minimum atomic E-state index is -0.410. The number of nitrogens with zero attached hydrogens (tertiary/aromatic N) is 2. The number of thioether (sulfide) groups is 1. The second-order valence-electron chi connectivity index (χ2n) is 7.18. The molecule has 152 valence electrons. The first-order chi connectivity index (χ1) is 14.6. The fourth-order valence-electron chi connectivity index (χ4n) is 3.38. The average Bonchev–Trinajstić information content (AvgIpc) is 2.76. The summed E-state index contributed by atoms with van der Waals surface area (Å²) in [6.07, 6.45) is 0.811. The molecule has 0 bridgehead atoms. The Labute approximate surface area is 179 Å². The highest BCUT2D eigenvalue weighted by molar-refractivity contribution is 8.00. The summed E-state index contributed by atoms with van der Waals surface area (Å²) in [5, 5.41) is 5.94. The van der Waals surface area contributed by atoms with Gasteiger partial charge < -0.3 is 5.32 Å². The van der Waals surface area contributed by atoms with Crippen LogP contribution in [0.2, 0.25) is 0 Å². The van der Waals surface area contributed by atoms with E-state index in [0.717, 1.165) is 22.9 Å². The van der Waals surface area contributed by atoms with Crippen molar-refractivity contribution in [3.05, 3.63) is 77.1 Å². The lowest BCUT2D eigenvalue weighted by Gasteiger charge is -2.16. The Hall–Kier alpha value is -3.12. The Kier molecular flexibility index (Phi) is 5.86. The van der Waals surface area contributed by atoms with Crippen molar-refractivity contribution in [2.24, 2.45) is 0 Å². The molecule has 4 rings (SSSR count). The maximum Gasteiger partial charge on any atom is 0.262 e. The van der Waals surface area contributed by atoms with Gasteiger partial charge >= 0.3 is 0 Å². The van der Waals surface area contributed by atoms with E-state index in [1.807, 2.05) is 74.5 Å². The Morgan fingerprint density at radius 3 is 2.60 bits per heavy atom. The molecule has 1 atom stereocenters. The van der Waals surface area contributed by atoms with E-state index in [0.29, 0.717) is 22.6 Å². The second kappa shape index (κ2) is 8.71. The Bertz CT molecular complexity index is 1280. The summed E-state index contributed by atoms with van der Waals surface area (Å²) in [5.74, 6) is -0.124. The highest BCUT2D eigenvalue weighted by Crippen LogP contribution is 2.25. The molecule has 1 heterocycles. The molecule has 5 nitrogen and oxygen atoms in total. The summed E-state index contributed by atoms with van der Waals surface area (Å²) in [7, 11) is 0. The molecule has 3 aromatic carbocycles. The molecule has 0 radical (unpaired) electrons. The van der Waals surface area contributed by atoms with Gasteiger partial charge in [-0.05, 0) is 48.4 Å². The van der Waals surface area contributed by atoms with Crippen LogP contribution in [0.5, 0.6) is 0 Å². The van der Waals surface area contributed by atoms with Crippen molar-refractivity contribution in [2.45, 2.75) is 37.2 Å². The van der Waals surface area contributed by atoms with Gasteiger partial charge in [-0.3, -0.25) is 14.2 Å². The van der Waals surface area contributed by atoms with E-state index in [1.165, 1.54) is 11.8 Å². The fourth-order valence-corrected chi connectivity index (χ4v) is 4.32. The van der Waals surface area contributed by atoms with Crippen molar-refractivity contribution in [3.63, 3.8) is 0 Å². The van der Waals surface area contributed by atoms with Crippen molar-refractivity contribution >= 4 is 45.0 Å². The molecule has 1 amide bonds. The molecule has 1 N–H and O–H groups in total. The standard InChI is InChI=1S/C24H23N3O2S/c1-3-14-27-23(29)20-10-6-7-11-21(20)26-24(27)30-16(2)22(28)25-19-13-12-17-8-4-5-9-18(17)15-19/h4-13,15-16H,3,14H2,1-2H3,(H,25,28)/t16-/m0/s1. The van der Waals surface area contributed by atoms with Gasteiger partial charge in [0.25, 0.3) is 5.56 Å². The first-order valence-electron chi connectivity index (χ1n) is 10.0. The SMILES string of the molecule is CCCn1c(S[C@@H](C)C(=O)Nc2ccc3ccccc3c2)nc2ccccc2c1=O. The molecule has 1 aromatic heterocycles. The molecule has 0 aliphatic carbocycles. The van der Waals surface area contributed by atoms with Gasteiger partial charge in [0, 0.05) is 12.2 Å². The van der Waals surface area contributed by atoms with Gasteiger partial charge in [-0.2, -0.15) is 0 Å². The predicted molar refractivity (Wildman–Crippen MR) is 124 cm³/mol. The van der Waals surface area contributed by atoms with Crippen LogP contribution in [-0.2, 0) is 11.3 Å². The molecule has 4 aromatic rings. The number of hydrogen-bond acceptors (Lipinski definition) is 4. The van der Waals surface area contributed by atoms with Crippen molar-refractivity contribution in [2.75, 3.05) is 5.32 Å². The molecule has 0 spiro atoms. The minimum Gasteiger partial charge on any atom is -0.325 e. The van der Waals surface area contributed by atoms with E-state index in [9.17, 15) is 9.59 Å². The molecule has 0 aliphatic rings. The average molecular weight is 418 g/mol. The Morgan fingerprint density at radius 2 is 1.80 bits per heavy atom. The monoisotopic (exact) mass is 417 g/mol. The highest BCUT2D eigenvalue weighted by Gasteiger charge is 2.19. The fraction of sp³-hybridized carbons (Fsp3) is 0.208. The van der Waals surface area contributed by atoms with E-state index in [4.69, 9.17) is 0 Å². The van der Waals surface area contributed by atoms with Gasteiger partial charge in [-0.25, -0.2) is 4.98 Å². The Morgan fingerprint density at radius 1 is 1.07 bits per heavy atom. The van der Waals surface area contributed by atoms with E-state index in [1.54, 1.807) is 10.6 Å². The van der Waals surface area contributed by atoms with Crippen LogP contribution >= 0.6 is 11.8 Å². The zero-order chi connectivity index (χ0) is 21.1. The normalized spacial score (nSPS) is 12.2. The van der Waals surface area contributed by atoms with Gasteiger partial charge in [0.1, 0.15) is 0 Å². The molecule has 0 saturated carbocycles. The van der Waals surface area contributed by atoms with Crippen LogP contribution in [0, 0.1) is 0 Å². The van der Waals surface area contributed by atoms with Crippen LogP contribution in [-0.4, -0.2) is 20.7 Å². The molecule has 6 heteroatoms. The minimum absolute atomic E-state index is 0.0629. The zero-order valence-corrected chi connectivity index (χ0v) is 17.8. The summed E-state index contributed by atoms with van der Waals surface area (Å²) >= 11 is 1.31. The molecule has 0 unspecified atom stereocenters. The third-order valence-corrected chi connectivity index (χ3v) is 6.03. The highest BCUT2D eigenvalue weighted by atomic mass is 32.2. The summed E-state index contributed by atoms with van der Waals surface area (Å²) in [6.45, 7) is 4.42. The number of para-hydroxylation sites is 1. The number of carbonyl (C=O) groups is 1. The lowest BCUT2D eigenvalue weighted by atomic mass is 10.1. The number of aromatic nitrogens is 2. The molecular formula is C24H23N3O2S. The summed E-state index contributed by atoms with van der Waals surface area (Å²) in [4.78, 5) is 30.4. The number of carbonyl (C=O) groups excluding carboxylic acids is 1. The summed E-state index contributed by atoms with van der Waals surface area (Å²) in [5.41, 5.74) is 1.34. The number of fused-ring (bicyclic) bond motifs is 2. The number of benzene rings is 3. The van der Waals surface area contributed by atoms with Gasteiger partial charge in [0.15, 0.2) is 5.16 Å². The van der Waals surface area contributed by atoms with Crippen LogP contribution in [0.25, 0.3) is 21.7 Å². The molecule has 0 aliphatic heterocycles. The lowest BCUT2D eigenvalue weighted by molar-refractivity contribution is -0.115. The lowest BCUT2D eigenvalue weighted by Crippen LogP contribution is -2.27. The van der Waals surface area contributed by atoms with E-state index >= 15 is 0 Å². The van der Waals surface area contributed by atoms with Crippen molar-refractivity contribution in [1.29, 1.82) is 0 Å². The maximum absolute atomic E-state index is 12.9. The topological polar surface area (TPSA) is 64.0 Å². The molecule has 0 saturated heterocycles. The number of hydrogen-bond donors (Lipinski definition) is 1. The first-order valence-corrected chi connectivity index (χ1v) is 10.9. The summed E-state index contributed by atoms with van der Waals surface area (Å²) in [6, 6.07) is 21.2. The number of nitrogens with one attached hydrogen (secondary N) is 1. The number of rotatable bonds is 6. The van der Waals surface area contributed by atoms with E-state index < -0.39 is 5.25 Å². The quantitative estimate of drug-likeness (QED) is 0.351. The number of anilines is 1. The van der Waals surface area contributed by atoms with Gasteiger partial charge in [-0.1, -0.05) is 61.2 Å². The molecular weight excluding hydrogens is 394 g/mol. The smallest absolute Gasteiger partial charge is 0.262 e. The number of amides is 1. The van der Waals surface area contributed by atoms with Crippen LogP contribution in [0.1, 0.15) is 20.3 Å². The maximum atomic E-state index is 12.9. The van der Waals surface area contributed by atoms with Gasteiger partial charge in [0.05, 0.1) is 16.2 Å². The largest absolute Gasteiger partial charge is 0.325 e. The van der Waals surface area contributed by atoms with Crippen LogP contribution in [0.3, 0.4) is 0 Å². The summed E-state index contributed by atoms with van der Waals surface area (Å²) < 4.78 is 1.67. The predicted octanol–water partition coefficient (Wildman–Crippen LogP) is 5.08. The van der Waals surface area contributed by atoms with Gasteiger partial charge in [0.2, 0.25) is 5.91 Å². The molecule has 30 heavy (non-hydrogen) atoms. The van der Waals surface area contributed by atoms with E-state index in [2.05, 4.69) is 10.3 Å². The van der Waals surface area contributed by atoms with Crippen LogP contribution in [0.4, 0.5) is 5.69 Å². The third kappa shape index (κ3) is 4.09.